The Morgan fingerprint density at radius 1 is 1.23 bits per heavy atom. The van der Waals surface area contributed by atoms with E-state index in [1.807, 2.05) is 5.32 Å². The van der Waals surface area contributed by atoms with Crippen molar-refractivity contribution in [3.8, 4) is 0 Å². The number of hydrogen-bond donors (Lipinski definition) is 3. The van der Waals surface area contributed by atoms with Crippen LogP contribution in [0.1, 0.15) is 6.92 Å². The van der Waals surface area contributed by atoms with Gasteiger partial charge < -0.3 is 15.5 Å². The third kappa shape index (κ3) is 5.42. The molecule has 0 aliphatic heterocycles. The van der Waals surface area contributed by atoms with Crippen LogP contribution in [0.5, 0.6) is 0 Å². The van der Waals surface area contributed by atoms with E-state index < -0.39 is 23.9 Å². The highest BCUT2D eigenvalue weighted by Gasteiger charge is 2.11. The van der Waals surface area contributed by atoms with Crippen molar-refractivity contribution in [2.45, 2.75) is 13.0 Å². The van der Waals surface area contributed by atoms with Gasteiger partial charge in [0.25, 0.3) is 0 Å². The van der Waals surface area contributed by atoms with E-state index in [-0.39, 0.29) is 0 Å². The lowest BCUT2D eigenvalue weighted by molar-refractivity contribution is -0.140. The fourth-order valence-corrected chi connectivity index (χ4v) is 0.470. The third-order valence-electron chi connectivity index (χ3n) is 1.11. The molecule has 0 aliphatic carbocycles. The zero-order chi connectivity index (χ0) is 10.4. The maximum absolute atomic E-state index is 10.7. The standard InChI is InChI=1S/C7H9NO5/c1-4(7(12)13)8-5(9)2-3-6(10)11/h2-4H,1H3,(H,8,9)(H,10,11)(H,12,13)/b3-2-. The van der Waals surface area contributed by atoms with Crippen LogP contribution in [-0.2, 0) is 14.4 Å². The smallest absolute Gasteiger partial charge is 0.328 e. The summed E-state index contributed by atoms with van der Waals surface area (Å²) in [5.74, 6) is -3.20. The van der Waals surface area contributed by atoms with Gasteiger partial charge in [0.2, 0.25) is 5.91 Å². The molecule has 0 aliphatic rings. The van der Waals surface area contributed by atoms with Crippen molar-refractivity contribution in [2.24, 2.45) is 0 Å². The first-order chi connectivity index (χ1) is 5.93. The highest BCUT2D eigenvalue weighted by Crippen LogP contribution is 1.82. The molecule has 6 heteroatoms. The molecule has 1 unspecified atom stereocenters. The lowest BCUT2D eigenvalue weighted by Crippen LogP contribution is -2.37. The summed E-state index contributed by atoms with van der Waals surface area (Å²) in [6.07, 6.45) is 1.38. The average Bonchev–Trinajstić information content (AvgIpc) is 2.00. The van der Waals surface area contributed by atoms with E-state index in [4.69, 9.17) is 10.2 Å². The van der Waals surface area contributed by atoms with E-state index in [1.165, 1.54) is 6.92 Å². The summed E-state index contributed by atoms with van der Waals surface area (Å²) >= 11 is 0. The van der Waals surface area contributed by atoms with E-state index in [9.17, 15) is 14.4 Å². The van der Waals surface area contributed by atoms with Gasteiger partial charge in [0.05, 0.1) is 0 Å². The molecular weight excluding hydrogens is 178 g/mol. The summed E-state index contributed by atoms with van der Waals surface area (Å²) in [5, 5.41) is 18.5. The predicted molar refractivity (Wildman–Crippen MR) is 42.0 cm³/mol. The molecule has 0 aromatic rings. The molecule has 0 fully saturated rings. The topological polar surface area (TPSA) is 104 Å². The van der Waals surface area contributed by atoms with Gasteiger partial charge in [-0.05, 0) is 6.92 Å². The molecule has 6 nitrogen and oxygen atoms in total. The SMILES string of the molecule is CC(NC(=O)/C=C\C(=O)O)C(=O)O. The molecular formula is C7H9NO5. The van der Waals surface area contributed by atoms with Crippen LogP contribution in [0, 0.1) is 0 Å². The number of carbonyl (C=O) groups is 3. The van der Waals surface area contributed by atoms with Crippen LogP contribution >= 0.6 is 0 Å². The molecule has 0 saturated heterocycles. The molecule has 0 saturated carbocycles. The summed E-state index contributed by atoms with van der Waals surface area (Å²) in [6.45, 7) is 1.27. The Morgan fingerprint density at radius 2 is 1.77 bits per heavy atom. The van der Waals surface area contributed by atoms with Crippen molar-refractivity contribution in [3.63, 3.8) is 0 Å². The normalized spacial score (nSPS) is 12.4. The monoisotopic (exact) mass is 187 g/mol. The van der Waals surface area contributed by atoms with Crippen molar-refractivity contribution < 1.29 is 24.6 Å². The summed E-state index contributed by atoms with van der Waals surface area (Å²) in [5.41, 5.74) is 0. The zero-order valence-electron chi connectivity index (χ0n) is 6.85. The molecule has 0 aromatic carbocycles. The third-order valence-corrected chi connectivity index (χ3v) is 1.11. The average molecular weight is 187 g/mol. The Kier molecular flexibility index (Phi) is 4.21. The lowest BCUT2D eigenvalue weighted by atomic mass is 10.3. The van der Waals surface area contributed by atoms with E-state index in [0.29, 0.717) is 6.08 Å². The highest BCUT2D eigenvalue weighted by atomic mass is 16.4. The van der Waals surface area contributed by atoms with Gasteiger partial charge in [-0.2, -0.15) is 0 Å². The molecule has 0 heterocycles. The zero-order valence-corrected chi connectivity index (χ0v) is 6.85. The number of nitrogens with one attached hydrogen (secondary N) is 1. The molecule has 1 atom stereocenters. The van der Waals surface area contributed by atoms with Crippen LogP contribution < -0.4 is 5.32 Å². The maximum atomic E-state index is 10.7. The second-order valence-electron chi connectivity index (χ2n) is 2.24. The summed E-state index contributed by atoms with van der Waals surface area (Å²) < 4.78 is 0. The minimum absolute atomic E-state index is 0.629. The molecule has 3 N–H and O–H groups in total. The molecule has 0 spiro atoms. The van der Waals surface area contributed by atoms with Gasteiger partial charge in [0, 0.05) is 12.2 Å². The molecule has 0 aromatic heterocycles. The Labute approximate surface area is 73.9 Å². The Hall–Kier alpha value is -1.85. The van der Waals surface area contributed by atoms with E-state index in [1.54, 1.807) is 0 Å². The molecule has 1 amide bonds. The van der Waals surface area contributed by atoms with Crippen LogP contribution in [0.25, 0.3) is 0 Å². The van der Waals surface area contributed by atoms with Gasteiger partial charge in [0.1, 0.15) is 6.04 Å². The summed E-state index contributed by atoms with van der Waals surface area (Å²) in [6, 6.07) is -1.04. The number of rotatable bonds is 4. The van der Waals surface area contributed by atoms with Crippen molar-refractivity contribution in [3.05, 3.63) is 12.2 Å². The van der Waals surface area contributed by atoms with E-state index in [2.05, 4.69) is 0 Å². The number of carboxylic acid groups (broad SMARTS) is 2. The van der Waals surface area contributed by atoms with Crippen molar-refractivity contribution in [1.82, 2.24) is 5.32 Å². The van der Waals surface area contributed by atoms with Crippen molar-refractivity contribution in [1.29, 1.82) is 0 Å². The first-order valence-corrected chi connectivity index (χ1v) is 3.37. The van der Waals surface area contributed by atoms with Crippen LogP contribution in [0.15, 0.2) is 12.2 Å². The fraction of sp³-hybridized carbons (Fsp3) is 0.286. The minimum Gasteiger partial charge on any atom is -0.480 e. The van der Waals surface area contributed by atoms with Crippen LogP contribution in [0.3, 0.4) is 0 Å². The Morgan fingerprint density at radius 3 is 2.15 bits per heavy atom. The fourth-order valence-electron chi connectivity index (χ4n) is 0.470. The van der Waals surface area contributed by atoms with Gasteiger partial charge in [0.15, 0.2) is 0 Å². The van der Waals surface area contributed by atoms with Gasteiger partial charge >= 0.3 is 11.9 Å². The summed E-state index contributed by atoms with van der Waals surface area (Å²) in [4.78, 5) is 30.9. The highest BCUT2D eigenvalue weighted by molar-refractivity contribution is 5.95. The molecule has 0 radical (unpaired) electrons. The Balaban J connectivity index is 4.02. The predicted octanol–water partition coefficient (Wildman–Crippen LogP) is -0.783. The molecule has 13 heavy (non-hydrogen) atoms. The second-order valence-corrected chi connectivity index (χ2v) is 2.24. The van der Waals surface area contributed by atoms with Crippen LogP contribution in [0.2, 0.25) is 0 Å². The molecule has 0 bridgehead atoms. The van der Waals surface area contributed by atoms with E-state index in [0.717, 1.165) is 6.08 Å². The number of carboxylic acids is 2. The quantitative estimate of drug-likeness (QED) is 0.500. The van der Waals surface area contributed by atoms with Crippen LogP contribution in [-0.4, -0.2) is 34.1 Å². The second kappa shape index (κ2) is 4.91. The van der Waals surface area contributed by atoms with Gasteiger partial charge in [-0.1, -0.05) is 0 Å². The first kappa shape index (κ1) is 11.2. The minimum atomic E-state index is -1.27. The summed E-state index contributed by atoms with van der Waals surface area (Å²) in [7, 11) is 0. The number of carbonyl (C=O) groups excluding carboxylic acids is 1. The van der Waals surface area contributed by atoms with Crippen LogP contribution in [0.4, 0.5) is 0 Å². The largest absolute Gasteiger partial charge is 0.480 e. The Bertz CT molecular complexity index is 258. The lowest BCUT2D eigenvalue weighted by Gasteiger charge is -2.05. The van der Waals surface area contributed by atoms with Gasteiger partial charge in [-0.25, -0.2) is 4.79 Å². The van der Waals surface area contributed by atoms with Gasteiger partial charge in [-0.3, -0.25) is 9.59 Å². The van der Waals surface area contributed by atoms with Gasteiger partial charge in [-0.15, -0.1) is 0 Å². The van der Waals surface area contributed by atoms with E-state index >= 15 is 0 Å². The maximum Gasteiger partial charge on any atom is 0.328 e. The number of hydrogen-bond acceptors (Lipinski definition) is 3. The van der Waals surface area contributed by atoms with Crippen molar-refractivity contribution >= 4 is 17.8 Å². The van der Waals surface area contributed by atoms with Crippen molar-refractivity contribution in [2.75, 3.05) is 0 Å². The number of amides is 1. The number of aliphatic carboxylic acids is 2. The molecule has 0 rings (SSSR count). The first-order valence-electron chi connectivity index (χ1n) is 3.37. The molecule has 72 valence electrons.